The van der Waals surface area contributed by atoms with Gasteiger partial charge in [-0.15, -0.1) is 11.8 Å². The molecule has 0 radical (unpaired) electrons. The Morgan fingerprint density at radius 3 is 2.74 bits per heavy atom. The molecule has 1 aromatic rings. The van der Waals surface area contributed by atoms with Gasteiger partial charge in [0.2, 0.25) is 0 Å². The van der Waals surface area contributed by atoms with Crippen LogP contribution in [0.3, 0.4) is 0 Å². The van der Waals surface area contributed by atoms with Gasteiger partial charge in [0.1, 0.15) is 0 Å². The molecule has 1 amide bonds. The fourth-order valence-electron chi connectivity index (χ4n) is 2.64. The van der Waals surface area contributed by atoms with Crippen LogP contribution in [0.5, 0.6) is 0 Å². The lowest BCUT2D eigenvalue weighted by Gasteiger charge is -2.10. The molecule has 19 heavy (non-hydrogen) atoms. The monoisotopic (exact) mass is 295 g/mol. The molecule has 100 valence electrons. The van der Waals surface area contributed by atoms with Crippen molar-refractivity contribution in [2.45, 2.75) is 30.6 Å². The van der Waals surface area contributed by atoms with Gasteiger partial charge in [-0.1, -0.05) is 24.4 Å². The number of amides is 1. The number of carbonyl (C=O) groups excluding carboxylic acids is 2. The van der Waals surface area contributed by atoms with E-state index in [1.807, 2.05) is 6.07 Å². The van der Waals surface area contributed by atoms with Gasteiger partial charge < -0.3 is 5.32 Å². The molecule has 0 spiro atoms. The molecule has 1 aliphatic heterocycles. The smallest absolute Gasteiger partial charge is 0.296 e. The molecular formula is C14H14ClNO2S. The van der Waals surface area contributed by atoms with Crippen molar-refractivity contribution in [3.05, 3.63) is 22.7 Å². The van der Waals surface area contributed by atoms with Crippen molar-refractivity contribution in [3.63, 3.8) is 0 Å². The first-order valence-electron chi connectivity index (χ1n) is 6.47. The van der Waals surface area contributed by atoms with Crippen molar-refractivity contribution in [1.29, 1.82) is 0 Å². The summed E-state index contributed by atoms with van der Waals surface area (Å²) in [4.78, 5) is 23.8. The lowest BCUT2D eigenvalue weighted by molar-refractivity contribution is -0.112. The van der Waals surface area contributed by atoms with Crippen LogP contribution in [-0.4, -0.2) is 17.4 Å². The minimum atomic E-state index is -0.566. The Morgan fingerprint density at radius 1 is 1.26 bits per heavy atom. The van der Waals surface area contributed by atoms with Crippen molar-refractivity contribution in [1.82, 2.24) is 0 Å². The molecule has 5 heteroatoms. The van der Waals surface area contributed by atoms with Crippen LogP contribution in [0.15, 0.2) is 17.0 Å². The van der Waals surface area contributed by atoms with Crippen LogP contribution < -0.4 is 5.32 Å². The van der Waals surface area contributed by atoms with E-state index in [0.29, 0.717) is 16.3 Å². The summed E-state index contributed by atoms with van der Waals surface area (Å²) in [6.07, 6.45) is 5.25. The van der Waals surface area contributed by atoms with E-state index in [-0.39, 0.29) is 0 Å². The first-order valence-corrected chi connectivity index (χ1v) is 7.83. The number of anilines is 1. The zero-order chi connectivity index (χ0) is 13.4. The van der Waals surface area contributed by atoms with E-state index in [9.17, 15) is 9.59 Å². The van der Waals surface area contributed by atoms with Crippen LogP contribution in [0.4, 0.5) is 5.69 Å². The average Bonchev–Trinajstić information content (AvgIpc) is 2.98. The van der Waals surface area contributed by atoms with Gasteiger partial charge in [-0.05, 0) is 30.9 Å². The largest absolute Gasteiger partial charge is 0.318 e. The Balaban J connectivity index is 1.77. The zero-order valence-corrected chi connectivity index (χ0v) is 11.9. The molecule has 0 aromatic heterocycles. The zero-order valence-electron chi connectivity index (χ0n) is 10.4. The minimum Gasteiger partial charge on any atom is -0.318 e. The quantitative estimate of drug-likeness (QED) is 0.682. The Kier molecular flexibility index (Phi) is 3.54. The van der Waals surface area contributed by atoms with Crippen molar-refractivity contribution in [3.8, 4) is 0 Å². The molecule has 0 unspecified atom stereocenters. The molecule has 1 saturated carbocycles. The third kappa shape index (κ3) is 2.51. The molecule has 3 nitrogen and oxygen atoms in total. The highest BCUT2D eigenvalue weighted by Gasteiger charge is 2.29. The second kappa shape index (κ2) is 5.17. The first-order chi connectivity index (χ1) is 9.15. The van der Waals surface area contributed by atoms with E-state index in [1.54, 1.807) is 17.8 Å². The fourth-order valence-corrected chi connectivity index (χ4v) is 4.12. The maximum atomic E-state index is 11.5. The molecule has 0 bridgehead atoms. The van der Waals surface area contributed by atoms with E-state index in [4.69, 9.17) is 11.6 Å². The molecule has 1 aliphatic carbocycles. The maximum Gasteiger partial charge on any atom is 0.296 e. The Hall–Kier alpha value is -1.00. The Labute approximate surface area is 121 Å². The van der Waals surface area contributed by atoms with E-state index < -0.39 is 11.7 Å². The second-order valence-corrected chi connectivity index (χ2v) is 6.54. The summed E-state index contributed by atoms with van der Waals surface area (Å²) in [6.45, 7) is 0. The Morgan fingerprint density at radius 2 is 2.00 bits per heavy atom. The van der Waals surface area contributed by atoms with Crippen molar-refractivity contribution < 1.29 is 9.59 Å². The van der Waals surface area contributed by atoms with Gasteiger partial charge in [0, 0.05) is 10.6 Å². The topological polar surface area (TPSA) is 46.2 Å². The number of carbonyl (C=O) groups is 2. The van der Waals surface area contributed by atoms with E-state index >= 15 is 0 Å². The molecule has 0 atom stereocenters. The van der Waals surface area contributed by atoms with Gasteiger partial charge in [0.15, 0.2) is 0 Å². The summed E-state index contributed by atoms with van der Waals surface area (Å²) in [7, 11) is 0. The number of halogens is 1. The van der Waals surface area contributed by atoms with Gasteiger partial charge in [0.25, 0.3) is 11.7 Å². The summed E-state index contributed by atoms with van der Waals surface area (Å²) < 4.78 is 0. The number of hydrogen-bond donors (Lipinski definition) is 1. The summed E-state index contributed by atoms with van der Waals surface area (Å²) >= 11 is 7.91. The number of thioether (sulfide) groups is 1. The van der Waals surface area contributed by atoms with E-state index in [2.05, 4.69) is 5.32 Å². The van der Waals surface area contributed by atoms with Crippen LogP contribution in [0, 0.1) is 5.92 Å². The molecule has 1 fully saturated rings. The van der Waals surface area contributed by atoms with Crippen molar-refractivity contribution in [2.75, 3.05) is 11.1 Å². The maximum absolute atomic E-state index is 11.5. The highest BCUT2D eigenvalue weighted by molar-refractivity contribution is 7.99. The summed E-state index contributed by atoms with van der Waals surface area (Å²) in [5, 5.41) is 3.14. The minimum absolute atomic E-state index is 0.389. The van der Waals surface area contributed by atoms with Gasteiger partial charge in [-0.3, -0.25) is 9.59 Å². The normalized spacial score (nSPS) is 18.8. The van der Waals surface area contributed by atoms with Crippen molar-refractivity contribution in [2.24, 2.45) is 5.92 Å². The van der Waals surface area contributed by atoms with Crippen LogP contribution in [0.2, 0.25) is 5.02 Å². The third-order valence-electron chi connectivity index (χ3n) is 3.72. The highest BCUT2D eigenvalue weighted by Crippen LogP contribution is 2.38. The Bertz CT molecular complexity index is 553. The molecule has 0 saturated heterocycles. The third-order valence-corrected chi connectivity index (χ3v) is 5.43. The van der Waals surface area contributed by atoms with Gasteiger partial charge in [-0.25, -0.2) is 0 Å². The van der Waals surface area contributed by atoms with Crippen LogP contribution >= 0.6 is 23.4 Å². The van der Waals surface area contributed by atoms with Crippen LogP contribution in [0.1, 0.15) is 36.0 Å². The standard InChI is InChI=1S/C14H14ClNO2S/c15-10-5-9-11(16-14(18)13(9)17)6-12(10)19-7-8-3-1-2-4-8/h5-6,8H,1-4,7H2,(H,16,17,18). The predicted octanol–water partition coefficient (Wildman–Crippen LogP) is 3.76. The highest BCUT2D eigenvalue weighted by atomic mass is 35.5. The summed E-state index contributed by atoms with van der Waals surface area (Å²) in [6, 6.07) is 3.42. The number of rotatable bonds is 3. The molecule has 1 aromatic carbocycles. The van der Waals surface area contributed by atoms with Gasteiger partial charge in [0.05, 0.1) is 16.3 Å². The van der Waals surface area contributed by atoms with Crippen LogP contribution in [-0.2, 0) is 4.79 Å². The summed E-state index contributed by atoms with van der Waals surface area (Å²) in [5.74, 6) is 0.763. The molecule has 1 N–H and O–H groups in total. The predicted molar refractivity (Wildman–Crippen MR) is 77.1 cm³/mol. The SMILES string of the molecule is O=C1Nc2cc(SCC3CCCC3)c(Cl)cc2C1=O. The van der Waals surface area contributed by atoms with Crippen molar-refractivity contribution >= 4 is 40.7 Å². The average molecular weight is 296 g/mol. The van der Waals surface area contributed by atoms with Gasteiger partial charge >= 0.3 is 0 Å². The number of fused-ring (bicyclic) bond motifs is 1. The molecule has 2 aliphatic rings. The fraction of sp³-hybridized carbons (Fsp3) is 0.429. The molecule has 1 heterocycles. The summed E-state index contributed by atoms with van der Waals surface area (Å²) in [5.41, 5.74) is 0.980. The number of nitrogens with one attached hydrogen (secondary N) is 1. The number of ketones is 1. The number of Topliss-reactive ketones (excluding diaryl/α,β-unsaturated/α-hetero) is 1. The van der Waals surface area contributed by atoms with E-state index in [1.165, 1.54) is 25.7 Å². The number of benzene rings is 1. The lowest BCUT2D eigenvalue weighted by atomic mass is 10.1. The van der Waals surface area contributed by atoms with Gasteiger partial charge in [-0.2, -0.15) is 0 Å². The molecular weight excluding hydrogens is 282 g/mol. The number of hydrogen-bond acceptors (Lipinski definition) is 3. The second-order valence-electron chi connectivity index (χ2n) is 5.07. The van der Waals surface area contributed by atoms with E-state index in [0.717, 1.165) is 16.6 Å². The first kappa shape index (κ1) is 13.0. The molecule has 3 rings (SSSR count). The lowest BCUT2D eigenvalue weighted by Crippen LogP contribution is -2.12. The van der Waals surface area contributed by atoms with Crippen LogP contribution in [0.25, 0.3) is 0 Å².